The first kappa shape index (κ1) is 22.0. The third kappa shape index (κ3) is 14.9. The van der Waals surface area contributed by atoms with E-state index in [2.05, 4.69) is 27.7 Å². The van der Waals surface area contributed by atoms with Gasteiger partial charge in [0.25, 0.3) is 0 Å². The molecule has 0 aromatic carbocycles. The Balaban J connectivity index is 3.76. The topological polar surface area (TPSA) is 0 Å². The SMILES string of the molecule is CCCCCCCCC(C)CC(CCCC)CCCCCC. The van der Waals surface area contributed by atoms with Crippen LogP contribution >= 0.6 is 0 Å². The van der Waals surface area contributed by atoms with Gasteiger partial charge < -0.3 is 0 Å². The lowest BCUT2D eigenvalue weighted by Crippen LogP contribution is -2.07. The first-order valence-corrected chi connectivity index (χ1v) is 10.7. The van der Waals surface area contributed by atoms with Gasteiger partial charge in [-0.2, -0.15) is 0 Å². The van der Waals surface area contributed by atoms with E-state index in [1.807, 2.05) is 0 Å². The Morgan fingerprint density at radius 1 is 0.500 bits per heavy atom. The molecule has 0 spiro atoms. The average Bonchev–Trinajstić information content (AvgIpc) is 2.52. The van der Waals surface area contributed by atoms with Crippen LogP contribution in [0.1, 0.15) is 130 Å². The van der Waals surface area contributed by atoms with Gasteiger partial charge in [0.1, 0.15) is 0 Å². The number of rotatable bonds is 17. The molecule has 0 bridgehead atoms. The fourth-order valence-corrected chi connectivity index (χ4v) is 3.69. The lowest BCUT2D eigenvalue weighted by molar-refractivity contribution is 0.316. The van der Waals surface area contributed by atoms with E-state index >= 15 is 0 Å². The summed E-state index contributed by atoms with van der Waals surface area (Å²) >= 11 is 0. The van der Waals surface area contributed by atoms with Crippen LogP contribution in [-0.4, -0.2) is 0 Å². The van der Waals surface area contributed by atoms with Crippen molar-refractivity contribution in [3.8, 4) is 0 Å². The molecule has 0 amide bonds. The normalized spacial score (nSPS) is 14.2. The summed E-state index contributed by atoms with van der Waals surface area (Å²) in [6, 6.07) is 0. The molecule has 0 radical (unpaired) electrons. The van der Waals surface area contributed by atoms with Crippen LogP contribution in [0.3, 0.4) is 0 Å². The molecular weight excluding hydrogens is 264 g/mol. The van der Waals surface area contributed by atoms with Crippen LogP contribution < -0.4 is 0 Å². The van der Waals surface area contributed by atoms with Crippen LogP contribution in [0.2, 0.25) is 0 Å². The second kappa shape index (κ2) is 17.4. The molecule has 0 saturated heterocycles. The van der Waals surface area contributed by atoms with Crippen molar-refractivity contribution in [1.82, 2.24) is 0 Å². The maximum Gasteiger partial charge on any atom is -0.0412 e. The summed E-state index contributed by atoms with van der Waals surface area (Å²) in [6.07, 6.45) is 23.2. The van der Waals surface area contributed by atoms with Crippen LogP contribution in [0.4, 0.5) is 0 Å². The van der Waals surface area contributed by atoms with Gasteiger partial charge in [0.2, 0.25) is 0 Å². The third-order valence-electron chi connectivity index (χ3n) is 5.22. The zero-order chi connectivity index (χ0) is 16.5. The maximum absolute atomic E-state index is 2.51. The van der Waals surface area contributed by atoms with Gasteiger partial charge in [-0.1, -0.05) is 124 Å². The van der Waals surface area contributed by atoms with Crippen molar-refractivity contribution in [2.45, 2.75) is 130 Å². The lowest BCUT2D eigenvalue weighted by atomic mass is 9.85. The van der Waals surface area contributed by atoms with Crippen molar-refractivity contribution >= 4 is 0 Å². The number of unbranched alkanes of at least 4 members (excludes halogenated alkanes) is 9. The summed E-state index contributed by atoms with van der Waals surface area (Å²) in [6.45, 7) is 9.47. The first-order valence-electron chi connectivity index (χ1n) is 10.7. The highest BCUT2D eigenvalue weighted by Crippen LogP contribution is 2.27. The summed E-state index contributed by atoms with van der Waals surface area (Å²) in [7, 11) is 0. The van der Waals surface area contributed by atoms with E-state index in [4.69, 9.17) is 0 Å². The van der Waals surface area contributed by atoms with Crippen molar-refractivity contribution < 1.29 is 0 Å². The fraction of sp³-hybridized carbons (Fsp3) is 1.00. The molecule has 0 N–H and O–H groups in total. The Morgan fingerprint density at radius 3 is 1.59 bits per heavy atom. The van der Waals surface area contributed by atoms with E-state index in [9.17, 15) is 0 Å². The molecule has 0 rings (SSSR count). The molecular formula is C22H46. The molecule has 0 aliphatic rings. The minimum atomic E-state index is 0.958. The largest absolute Gasteiger partial charge is 0.0654 e. The Kier molecular flexibility index (Phi) is 17.4. The first-order chi connectivity index (χ1) is 10.7. The van der Waals surface area contributed by atoms with Crippen molar-refractivity contribution in [1.29, 1.82) is 0 Å². The van der Waals surface area contributed by atoms with E-state index in [0.717, 1.165) is 11.8 Å². The summed E-state index contributed by atoms with van der Waals surface area (Å²) in [5, 5.41) is 0. The highest BCUT2D eigenvalue weighted by Gasteiger charge is 2.12. The van der Waals surface area contributed by atoms with E-state index in [0.29, 0.717) is 0 Å². The molecule has 0 fully saturated rings. The van der Waals surface area contributed by atoms with E-state index in [1.54, 1.807) is 0 Å². The molecule has 0 aromatic rings. The minimum Gasteiger partial charge on any atom is -0.0654 e. The van der Waals surface area contributed by atoms with E-state index < -0.39 is 0 Å². The number of hydrogen-bond donors (Lipinski definition) is 0. The molecule has 0 nitrogen and oxygen atoms in total. The highest BCUT2D eigenvalue weighted by molar-refractivity contribution is 4.65. The molecule has 134 valence electrons. The molecule has 0 aliphatic heterocycles. The zero-order valence-corrected chi connectivity index (χ0v) is 16.5. The standard InChI is InChI=1S/C22H46/c1-5-8-11-13-14-15-17-21(4)20-22(18-10-7-3)19-16-12-9-6-2/h21-22H,5-20H2,1-4H3. The number of hydrogen-bond acceptors (Lipinski definition) is 0. The zero-order valence-electron chi connectivity index (χ0n) is 16.5. The Hall–Kier alpha value is 0. The lowest BCUT2D eigenvalue weighted by Gasteiger charge is -2.21. The minimum absolute atomic E-state index is 0.958. The van der Waals surface area contributed by atoms with E-state index in [1.165, 1.54) is 103 Å². The van der Waals surface area contributed by atoms with Crippen LogP contribution in [0.25, 0.3) is 0 Å². The summed E-state index contributed by atoms with van der Waals surface area (Å²) < 4.78 is 0. The van der Waals surface area contributed by atoms with Gasteiger partial charge in [-0.05, 0) is 18.3 Å². The summed E-state index contributed by atoms with van der Waals surface area (Å²) in [5.74, 6) is 1.98. The van der Waals surface area contributed by atoms with Gasteiger partial charge in [-0.25, -0.2) is 0 Å². The van der Waals surface area contributed by atoms with Gasteiger partial charge in [-0.3, -0.25) is 0 Å². The second-order valence-electron chi connectivity index (χ2n) is 7.75. The van der Waals surface area contributed by atoms with Crippen LogP contribution in [0, 0.1) is 11.8 Å². The third-order valence-corrected chi connectivity index (χ3v) is 5.22. The fourth-order valence-electron chi connectivity index (χ4n) is 3.69. The van der Waals surface area contributed by atoms with Gasteiger partial charge in [0, 0.05) is 0 Å². The molecule has 22 heavy (non-hydrogen) atoms. The predicted octanol–water partition coefficient (Wildman–Crippen LogP) is 8.54. The molecule has 2 unspecified atom stereocenters. The van der Waals surface area contributed by atoms with Crippen molar-refractivity contribution in [2.75, 3.05) is 0 Å². The van der Waals surface area contributed by atoms with Gasteiger partial charge >= 0.3 is 0 Å². The quantitative estimate of drug-likeness (QED) is 0.236. The molecule has 0 aromatic heterocycles. The predicted molar refractivity (Wildman–Crippen MR) is 104 cm³/mol. The monoisotopic (exact) mass is 310 g/mol. The summed E-state index contributed by atoms with van der Waals surface area (Å²) in [5.41, 5.74) is 0. The van der Waals surface area contributed by atoms with Crippen molar-refractivity contribution in [2.24, 2.45) is 11.8 Å². The Labute approximate surface area is 142 Å². The average molecular weight is 311 g/mol. The van der Waals surface area contributed by atoms with Crippen LogP contribution in [-0.2, 0) is 0 Å². The molecule has 0 saturated carbocycles. The van der Waals surface area contributed by atoms with Crippen molar-refractivity contribution in [3.05, 3.63) is 0 Å². The van der Waals surface area contributed by atoms with Gasteiger partial charge in [0.05, 0.1) is 0 Å². The molecule has 0 aliphatic carbocycles. The van der Waals surface area contributed by atoms with Crippen LogP contribution in [0.15, 0.2) is 0 Å². The maximum atomic E-state index is 2.51. The Bertz CT molecular complexity index is 196. The molecule has 0 heterocycles. The molecule has 0 heteroatoms. The summed E-state index contributed by atoms with van der Waals surface area (Å²) in [4.78, 5) is 0. The Morgan fingerprint density at radius 2 is 0.955 bits per heavy atom. The second-order valence-corrected chi connectivity index (χ2v) is 7.75. The van der Waals surface area contributed by atoms with Gasteiger partial charge in [0.15, 0.2) is 0 Å². The smallest absolute Gasteiger partial charge is 0.0412 e. The van der Waals surface area contributed by atoms with Gasteiger partial charge in [-0.15, -0.1) is 0 Å². The molecule has 2 atom stereocenters. The van der Waals surface area contributed by atoms with Crippen molar-refractivity contribution in [3.63, 3.8) is 0 Å². The highest BCUT2D eigenvalue weighted by atomic mass is 14.2. The van der Waals surface area contributed by atoms with E-state index in [-0.39, 0.29) is 0 Å². The van der Waals surface area contributed by atoms with Crippen LogP contribution in [0.5, 0.6) is 0 Å².